The molecule has 43 heavy (non-hydrogen) atoms. The van der Waals surface area contributed by atoms with Crippen LogP contribution in [0.2, 0.25) is 0 Å². The zero-order valence-electron chi connectivity index (χ0n) is 22.5. The zero-order valence-corrected chi connectivity index (χ0v) is 25.6. The smallest absolute Gasteiger partial charge is 0.387 e. The quantitative estimate of drug-likeness (QED) is 0.260. The largest absolute Gasteiger partial charge is 0.629 e. The maximum absolute atomic E-state index is 13.6. The number of nitrogens with zero attached hydrogens (tertiary/aromatic N) is 2. The number of sulfonamides is 1. The van der Waals surface area contributed by atoms with E-state index in [1.165, 1.54) is 48.9 Å². The third-order valence-electron chi connectivity index (χ3n) is 6.90. The average molecular weight is 679 g/mol. The fourth-order valence-electron chi connectivity index (χ4n) is 4.53. The number of esters is 1. The Morgan fingerprint density at radius 1 is 1.23 bits per heavy atom. The molecule has 0 bridgehead atoms. The van der Waals surface area contributed by atoms with E-state index in [1.54, 1.807) is 0 Å². The van der Waals surface area contributed by atoms with Crippen LogP contribution in [0.15, 0.2) is 69.5 Å². The van der Waals surface area contributed by atoms with Gasteiger partial charge >= 0.3 is 12.6 Å². The molecule has 10 nitrogen and oxygen atoms in total. The molecule has 3 aliphatic rings. The third-order valence-corrected chi connectivity index (χ3v) is 10.8. The number of hydrogen-bond donors (Lipinski definition) is 1. The van der Waals surface area contributed by atoms with Gasteiger partial charge in [0, 0.05) is 36.7 Å². The second-order valence-corrected chi connectivity index (χ2v) is 14.0. The van der Waals surface area contributed by atoms with Crippen molar-refractivity contribution in [2.45, 2.75) is 42.2 Å². The lowest BCUT2D eigenvalue weighted by molar-refractivity contribution is -0.785. The van der Waals surface area contributed by atoms with Gasteiger partial charge in [-0.15, -0.1) is 11.8 Å². The van der Waals surface area contributed by atoms with E-state index in [9.17, 15) is 27.2 Å². The molecule has 1 saturated heterocycles. The van der Waals surface area contributed by atoms with E-state index in [0.717, 1.165) is 28.9 Å². The first-order valence-corrected chi connectivity index (χ1v) is 16.5. The second-order valence-electron chi connectivity index (χ2n) is 10.0. The molecule has 3 atom stereocenters. The van der Waals surface area contributed by atoms with Gasteiger partial charge in [0.05, 0.1) is 16.7 Å². The molecular formula is C27H27Cl2F2N3O7S2. The van der Waals surface area contributed by atoms with Crippen molar-refractivity contribution in [3.63, 3.8) is 0 Å². The minimum Gasteiger partial charge on any atom is -0.629 e. The molecule has 1 unspecified atom stereocenters. The summed E-state index contributed by atoms with van der Waals surface area (Å²) in [7, 11) is -4.07. The van der Waals surface area contributed by atoms with Gasteiger partial charge in [0.15, 0.2) is 16.9 Å². The number of allylic oxidation sites excluding steroid dienone is 1. The van der Waals surface area contributed by atoms with Crippen molar-refractivity contribution in [2.75, 3.05) is 25.4 Å². The first kappa shape index (κ1) is 31.9. The Morgan fingerprint density at radius 2 is 2.02 bits per heavy atom. The molecule has 3 heterocycles. The summed E-state index contributed by atoms with van der Waals surface area (Å²) in [6.45, 7) is -2.83. The Hall–Kier alpha value is -2.46. The van der Waals surface area contributed by atoms with E-state index in [4.69, 9.17) is 32.7 Å². The molecule has 2 fully saturated rings. The number of pyridine rings is 1. The molecule has 5 rings (SSSR count). The molecule has 1 aromatic heterocycles. The standard InChI is InChI=1S/C27H27Cl2F2N3O7S2/c28-20-13-33(36)14-21(29)19(20)11-23(17-5-6-22(41-27(30)31)24(10-17)39-15-16-3-4-16)40-26(35)25-34(8-9-42-25)43(37,38)18-2-1-7-32-12-18/h1-2,5-7,10,12-13,16,23,25,27,33H,3-4,8-9,11,14-15H2/t23-,25-/m0/s1. The first-order chi connectivity index (χ1) is 20.5. The number of thioether (sulfide) groups is 1. The number of hydrogen-bond acceptors (Lipinski definition) is 9. The van der Waals surface area contributed by atoms with Crippen molar-refractivity contribution >= 4 is 51.0 Å². The van der Waals surface area contributed by atoms with E-state index in [-0.39, 0.29) is 51.0 Å². The summed E-state index contributed by atoms with van der Waals surface area (Å²) in [5.41, 5.74) is 0.691. The van der Waals surface area contributed by atoms with Crippen molar-refractivity contribution in [3.05, 3.63) is 75.3 Å². The molecule has 2 aliphatic heterocycles. The van der Waals surface area contributed by atoms with E-state index in [1.807, 2.05) is 0 Å². The normalized spacial score (nSPS) is 22.0. The summed E-state index contributed by atoms with van der Waals surface area (Å²) < 4.78 is 70.3. The summed E-state index contributed by atoms with van der Waals surface area (Å²) in [5.74, 6) is -0.366. The number of alkyl halides is 2. The minimum absolute atomic E-state index is 0.0299. The molecule has 1 aromatic carbocycles. The number of rotatable bonds is 12. The molecule has 232 valence electrons. The summed E-state index contributed by atoms with van der Waals surface area (Å²) in [5, 5.41) is 10.7. The number of quaternary nitrogens is 1. The maximum Gasteiger partial charge on any atom is 0.387 e. The van der Waals surface area contributed by atoms with Gasteiger partial charge in [-0.1, -0.05) is 29.3 Å². The third kappa shape index (κ3) is 7.80. The first-order valence-electron chi connectivity index (χ1n) is 13.3. The van der Waals surface area contributed by atoms with Gasteiger partial charge in [-0.25, -0.2) is 13.2 Å². The van der Waals surface area contributed by atoms with E-state index in [0.29, 0.717) is 29.4 Å². The molecular weight excluding hydrogens is 651 g/mol. The molecule has 2 aromatic rings. The minimum atomic E-state index is -4.07. The average Bonchev–Trinajstić information content (AvgIpc) is 3.65. The van der Waals surface area contributed by atoms with E-state index >= 15 is 0 Å². The highest BCUT2D eigenvalue weighted by atomic mass is 35.5. The fourth-order valence-corrected chi connectivity index (χ4v) is 8.22. The lowest BCUT2D eigenvalue weighted by Crippen LogP contribution is -3.03. The molecule has 0 radical (unpaired) electrons. The fraction of sp³-hybridized carbons (Fsp3) is 0.407. The Morgan fingerprint density at radius 3 is 2.70 bits per heavy atom. The van der Waals surface area contributed by atoms with Crippen molar-refractivity contribution in [2.24, 2.45) is 5.92 Å². The van der Waals surface area contributed by atoms with Gasteiger partial charge in [0.2, 0.25) is 10.0 Å². The van der Waals surface area contributed by atoms with Gasteiger partial charge in [-0.05, 0) is 48.6 Å². The van der Waals surface area contributed by atoms with Crippen LogP contribution >= 0.6 is 35.0 Å². The summed E-state index contributed by atoms with van der Waals surface area (Å²) in [4.78, 5) is 17.4. The Labute approximate surface area is 261 Å². The van der Waals surface area contributed by atoms with E-state index in [2.05, 4.69) is 9.72 Å². The maximum atomic E-state index is 13.6. The van der Waals surface area contributed by atoms with Crippen LogP contribution in [-0.2, 0) is 19.6 Å². The lowest BCUT2D eigenvalue weighted by Gasteiger charge is -2.28. The lowest BCUT2D eigenvalue weighted by atomic mass is 9.99. The number of nitrogens with one attached hydrogen (secondary N) is 1. The van der Waals surface area contributed by atoms with Crippen LogP contribution < -0.4 is 14.5 Å². The number of ether oxygens (including phenoxy) is 3. The van der Waals surface area contributed by atoms with Crippen LogP contribution in [0, 0.1) is 11.1 Å². The van der Waals surface area contributed by atoms with Gasteiger partial charge in [-0.2, -0.15) is 13.1 Å². The van der Waals surface area contributed by atoms with Crippen molar-refractivity contribution < 1.29 is 41.3 Å². The van der Waals surface area contributed by atoms with Crippen LogP contribution in [0.4, 0.5) is 8.78 Å². The Kier molecular flexibility index (Phi) is 10.2. The molecule has 1 N–H and O–H groups in total. The molecule has 16 heteroatoms. The highest BCUT2D eigenvalue weighted by molar-refractivity contribution is 8.02. The Balaban J connectivity index is 1.46. The topological polar surface area (TPSA) is 123 Å². The zero-order chi connectivity index (χ0) is 30.7. The molecule has 1 saturated carbocycles. The predicted molar refractivity (Wildman–Crippen MR) is 155 cm³/mol. The van der Waals surface area contributed by atoms with Crippen LogP contribution in [0.5, 0.6) is 11.5 Å². The van der Waals surface area contributed by atoms with E-state index < -0.39 is 34.1 Å². The number of aromatic nitrogens is 1. The van der Waals surface area contributed by atoms with Crippen LogP contribution in [0.3, 0.4) is 0 Å². The van der Waals surface area contributed by atoms with Gasteiger partial charge < -0.3 is 24.5 Å². The van der Waals surface area contributed by atoms with Gasteiger partial charge in [-0.3, -0.25) is 4.98 Å². The number of carbonyl (C=O) groups is 1. The second kappa shape index (κ2) is 13.7. The monoisotopic (exact) mass is 677 g/mol. The highest BCUT2D eigenvalue weighted by Crippen LogP contribution is 2.40. The molecule has 1 aliphatic carbocycles. The van der Waals surface area contributed by atoms with Gasteiger partial charge in [0.1, 0.15) is 23.7 Å². The molecule has 0 amide bonds. The summed E-state index contributed by atoms with van der Waals surface area (Å²) >= 11 is 13.8. The van der Waals surface area contributed by atoms with Crippen molar-refractivity contribution in [1.29, 1.82) is 0 Å². The number of carbonyl (C=O) groups excluding carboxylic acids is 1. The number of hydroxylamine groups is 2. The van der Waals surface area contributed by atoms with Crippen LogP contribution in [-0.4, -0.2) is 61.1 Å². The van der Waals surface area contributed by atoms with Crippen molar-refractivity contribution in [1.82, 2.24) is 9.29 Å². The molecule has 0 spiro atoms. The summed E-state index contributed by atoms with van der Waals surface area (Å²) in [6.07, 6.45) is 4.57. The number of halogens is 4. The van der Waals surface area contributed by atoms with Crippen LogP contribution in [0.25, 0.3) is 0 Å². The van der Waals surface area contributed by atoms with Gasteiger partial charge in [0.25, 0.3) is 0 Å². The SMILES string of the molecule is O=C(O[C@@H](CC1=C(Cl)C[NH+]([O-])C=C1Cl)c1ccc(OC(F)F)c(OCC2CC2)c1)[C@@H]1SCCN1S(=O)(=O)c1cccnc1. The predicted octanol–water partition coefficient (Wildman–Crippen LogP) is 4.18. The van der Waals surface area contributed by atoms with Crippen LogP contribution in [0.1, 0.15) is 30.9 Å². The Bertz CT molecular complexity index is 1510. The number of benzene rings is 1. The highest BCUT2D eigenvalue weighted by Gasteiger charge is 2.42. The summed E-state index contributed by atoms with van der Waals surface area (Å²) in [6, 6.07) is 7.02. The van der Waals surface area contributed by atoms with Crippen molar-refractivity contribution in [3.8, 4) is 11.5 Å².